The minimum Gasteiger partial charge on any atom is -0.395 e. The molecule has 0 aliphatic heterocycles. The van der Waals surface area contributed by atoms with Crippen LogP contribution in [0.2, 0.25) is 0 Å². The number of nitrogens with zero attached hydrogens (tertiary/aromatic N) is 2. The van der Waals surface area contributed by atoms with Gasteiger partial charge in [0.05, 0.1) is 17.1 Å². The number of hydrogen-bond donors (Lipinski definition) is 1. The van der Waals surface area contributed by atoms with Crippen LogP contribution in [0.3, 0.4) is 0 Å². The molecule has 0 atom stereocenters. The molecule has 4 heteroatoms. The van der Waals surface area contributed by atoms with Crippen LogP contribution in [-0.2, 0) is 0 Å². The lowest BCUT2D eigenvalue weighted by Crippen LogP contribution is -1.98. The van der Waals surface area contributed by atoms with E-state index in [0.29, 0.717) is 11.4 Å². The number of anilines is 1. The molecule has 15 heavy (non-hydrogen) atoms. The molecule has 0 aliphatic carbocycles. The summed E-state index contributed by atoms with van der Waals surface area (Å²) < 4.78 is 12.7. The summed E-state index contributed by atoms with van der Waals surface area (Å²) in [5.41, 5.74) is 8.52. The van der Waals surface area contributed by atoms with Crippen molar-refractivity contribution >= 4 is 5.69 Å². The largest absolute Gasteiger partial charge is 0.395 e. The first-order valence-corrected chi connectivity index (χ1v) is 4.51. The first-order valence-electron chi connectivity index (χ1n) is 4.51. The zero-order chi connectivity index (χ0) is 10.8. The number of rotatable bonds is 1. The normalized spacial score (nSPS) is 10.3. The SMILES string of the molecule is Cc1ncnc(-c2ccc(F)cc2)c1N. The minimum absolute atomic E-state index is 0.275. The van der Waals surface area contributed by atoms with E-state index in [0.717, 1.165) is 11.3 Å². The van der Waals surface area contributed by atoms with E-state index in [1.54, 1.807) is 12.1 Å². The van der Waals surface area contributed by atoms with Crippen LogP contribution in [0.5, 0.6) is 0 Å². The molecule has 0 saturated heterocycles. The molecule has 0 spiro atoms. The third kappa shape index (κ3) is 1.79. The van der Waals surface area contributed by atoms with E-state index >= 15 is 0 Å². The van der Waals surface area contributed by atoms with Gasteiger partial charge in [0.2, 0.25) is 0 Å². The lowest BCUT2D eigenvalue weighted by Gasteiger charge is -2.05. The van der Waals surface area contributed by atoms with Gasteiger partial charge in [0.1, 0.15) is 12.1 Å². The van der Waals surface area contributed by atoms with Crippen LogP contribution in [0.1, 0.15) is 5.69 Å². The summed E-state index contributed by atoms with van der Waals surface area (Å²) in [5.74, 6) is -0.275. The molecule has 0 amide bonds. The number of nitrogen functional groups attached to an aromatic ring is 1. The fraction of sp³-hybridized carbons (Fsp3) is 0.0909. The van der Waals surface area contributed by atoms with Gasteiger partial charge in [0.15, 0.2) is 0 Å². The molecule has 1 aromatic carbocycles. The van der Waals surface area contributed by atoms with Crippen LogP contribution in [0.15, 0.2) is 30.6 Å². The highest BCUT2D eigenvalue weighted by atomic mass is 19.1. The molecule has 1 heterocycles. The highest BCUT2D eigenvalue weighted by Gasteiger charge is 2.06. The van der Waals surface area contributed by atoms with Gasteiger partial charge < -0.3 is 5.73 Å². The van der Waals surface area contributed by atoms with Crippen molar-refractivity contribution in [2.45, 2.75) is 6.92 Å². The second-order valence-electron chi connectivity index (χ2n) is 3.23. The third-order valence-electron chi connectivity index (χ3n) is 2.20. The molecule has 76 valence electrons. The first kappa shape index (κ1) is 9.58. The predicted molar refractivity (Wildman–Crippen MR) is 56.6 cm³/mol. The topological polar surface area (TPSA) is 51.8 Å². The maximum Gasteiger partial charge on any atom is 0.123 e. The second kappa shape index (κ2) is 3.65. The fourth-order valence-corrected chi connectivity index (χ4v) is 1.32. The van der Waals surface area contributed by atoms with Crippen molar-refractivity contribution in [2.75, 3.05) is 5.73 Å². The van der Waals surface area contributed by atoms with Gasteiger partial charge in [-0.1, -0.05) is 0 Å². The van der Waals surface area contributed by atoms with Gasteiger partial charge in [-0.15, -0.1) is 0 Å². The Morgan fingerprint density at radius 2 is 1.80 bits per heavy atom. The Hall–Kier alpha value is -1.97. The Kier molecular flexibility index (Phi) is 2.33. The van der Waals surface area contributed by atoms with Crippen molar-refractivity contribution in [1.82, 2.24) is 9.97 Å². The van der Waals surface area contributed by atoms with Crippen molar-refractivity contribution in [3.8, 4) is 11.3 Å². The summed E-state index contributed by atoms with van der Waals surface area (Å²) in [7, 11) is 0. The zero-order valence-electron chi connectivity index (χ0n) is 8.24. The van der Waals surface area contributed by atoms with Gasteiger partial charge in [-0.2, -0.15) is 0 Å². The average molecular weight is 203 g/mol. The number of hydrogen-bond acceptors (Lipinski definition) is 3. The molecule has 0 unspecified atom stereocenters. The monoisotopic (exact) mass is 203 g/mol. The zero-order valence-corrected chi connectivity index (χ0v) is 8.24. The van der Waals surface area contributed by atoms with Crippen LogP contribution in [0, 0.1) is 12.7 Å². The van der Waals surface area contributed by atoms with Gasteiger partial charge in [-0.25, -0.2) is 14.4 Å². The fourth-order valence-electron chi connectivity index (χ4n) is 1.32. The van der Waals surface area contributed by atoms with E-state index in [1.165, 1.54) is 18.5 Å². The summed E-state index contributed by atoms with van der Waals surface area (Å²) in [6.45, 7) is 1.81. The quantitative estimate of drug-likeness (QED) is 0.772. The van der Waals surface area contributed by atoms with E-state index in [1.807, 2.05) is 6.92 Å². The van der Waals surface area contributed by atoms with E-state index in [2.05, 4.69) is 9.97 Å². The van der Waals surface area contributed by atoms with Gasteiger partial charge in [0.25, 0.3) is 0 Å². The smallest absolute Gasteiger partial charge is 0.123 e. The molecule has 2 aromatic rings. The van der Waals surface area contributed by atoms with Crippen molar-refractivity contribution in [1.29, 1.82) is 0 Å². The Bertz CT molecular complexity index is 480. The van der Waals surface area contributed by atoms with E-state index in [9.17, 15) is 4.39 Å². The number of aromatic nitrogens is 2. The van der Waals surface area contributed by atoms with Crippen molar-refractivity contribution < 1.29 is 4.39 Å². The molecule has 2 rings (SSSR count). The lowest BCUT2D eigenvalue weighted by atomic mass is 10.1. The van der Waals surface area contributed by atoms with Gasteiger partial charge >= 0.3 is 0 Å². The molecule has 2 N–H and O–H groups in total. The summed E-state index contributed by atoms with van der Waals surface area (Å²) in [6, 6.07) is 6.05. The molecule has 0 aliphatic rings. The summed E-state index contributed by atoms with van der Waals surface area (Å²) >= 11 is 0. The molecule has 0 bridgehead atoms. The minimum atomic E-state index is -0.275. The standard InChI is InChI=1S/C11H10FN3/c1-7-10(13)11(15-6-14-7)8-2-4-9(12)5-3-8/h2-6H,13H2,1H3. The number of benzene rings is 1. The maximum atomic E-state index is 12.7. The second-order valence-corrected chi connectivity index (χ2v) is 3.23. The Morgan fingerprint density at radius 3 is 2.47 bits per heavy atom. The Balaban J connectivity index is 2.54. The molecule has 0 fully saturated rings. The average Bonchev–Trinajstić information content (AvgIpc) is 2.24. The van der Waals surface area contributed by atoms with E-state index in [-0.39, 0.29) is 5.82 Å². The van der Waals surface area contributed by atoms with Crippen LogP contribution in [0.25, 0.3) is 11.3 Å². The molecule has 0 saturated carbocycles. The maximum absolute atomic E-state index is 12.7. The first-order chi connectivity index (χ1) is 7.18. The van der Waals surface area contributed by atoms with Crippen LogP contribution < -0.4 is 5.73 Å². The van der Waals surface area contributed by atoms with Crippen LogP contribution >= 0.6 is 0 Å². The number of nitrogens with two attached hydrogens (primary N) is 1. The lowest BCUT2D eigenvalue weighted by molar-refractivity contribution is 0.628. The molecular weight excluding hydrogens is 193 g/mol. The molecule has 1 aromatic heterocycles. The highest BCUT2D eigenvalue weighted by molar-refractivity contribution is 5.73. The highest BCUT2D eigenvalue weighted by Crippen LogP contribution is 2.24. The van der Waals surface area contributed by atoms with Gasteiger partial charge in [-0.3, -0.25) is 0 Å². The molecular formula is C11H10FN3. The summed E-state index contributed by atoms with van der Waals surface area (Å²) in [4.78, 5) is 8.05. The van der Waals surface area contributed by atoms with Crippen molar-refractivity contribution in [3.05, 3.63) is 42.1 Å². The van der Waals surface area contributed by atoms with Crippen molar-refractivity contribution in [3.63, 3.8) is 0 Å². The van der Waals surface area contributed by atoms with E-state index in [4.69, 9.17) is 5.73 Å². The van der Waals surface area contributed by atoms with Gasteiger partial charge in [0, 0.05) is 5.56 Å². The summed E-state index contributed by atoms with van der Waals surface area (Å²) in [5, 5.41) is 0. The van der Waals surface area contributed by atoms with Crippen molar-refractivity contribution in [2.24, 2.45) is 0 Å². The number of aryl methyl sites for hydroxylation is 1. The van der Waals surface area contributed by atoms with Crippen LogP contribution in [-0.4, -0.2) is 9.97 Å². The van der Waals surface area contributed by atoms with E-state index < -0.39 is 0 Å². The molecule has 0 radical (unpaired) electrons. The van der Waals surface area contributed by atoms with Gasteiger partial charge in [-0.05, 0) is 31.2 Å². The Morgan fingerprint density at radius 1 is 1.13 bits per heavy atom. The predicted octanol–water partition coefficient (Wildman–Crippen LogP) is 2.17. The molecule has 3 nitrogen and oxygen atoms in total. The van der Waals surface area contributed by atoms with Crippen LogP contribution in [0.4, 0.5) is 10.1 Å². The number of halogens is 1. The third-order valence-corrected chi connectivity index (χ3v) is 2.20. The summed E-state index contributed by atoms with van der Waals surface area (Å²) in [6.07, 6.45) is 1.45. The Labute approximate surface area is 86.8 Å².